The second-order valence-electron chi connectivity index (χ2n) is 17.0. The fraction of sp³-hybridized carbons (Fsp3) is 0.0690. The summed E-state index contributed by atoms with van der Waals surface area (Å²) in [4.78, 5) is 2.54. The molecule has 9 aromatic rings. The maximum atomic E-state index is 2.54. The van der Waals surface area contributed by atoms with Crippen molar-refractivity contribution in [2.24, 2.45) is 0 Å². The van der Waals surface area contributed by atoms with E-state index in [0.717, 1.165) is 17.1 Å². The highest BCUT2D eigenvalue weighted by molar-refractivity contribution is 7.22. The lowest BCUT2D eigenvalue weighted by Crippen LogP contribution is -2.72. The molecule has 1 aliphatic carbocycles. The molecule has 1 nitrogen and oxygen atoms in total. The van der Waals surface area contributed by atoms with E-state index in [2.05, 4.69) is 244 Å². The van der Waals surface area contributed by atoms with E-state index in [0.29, 0.717) is 0 Å². The maximum absolute atomic E-state index is 2.77. The SMILES string of the molecule is Cc1cc(N(c2cc(-c3ccccc3)cc(-c3ccccc3)c2)c2ccc3c(c2)C(C)(C)c2ccccc2-3)cc([Si]2(c3ccccc3)c3ccccc3-c3ccccc32)c1. The van der Waals surface area contributed by atoms with Gasteiger partial charge in [0.2, 0.25) is 0 Å². The van der Waals surface area contributed by atoms with Crippen molar-refractivity contribution < 1.29 is 0 Å². The van der Waals surface area contributed by atoms with E-state index < -0.39 is 8.07 Å². The second kappa shape index (κ2) is 14.1. The minimum Gasteiger partial charge on any atom is -0.310 e. The normalized spacial score (nSPS) is 13.8. The Balaban J connectivity index is 1.21. The molecule has 60 heavy (non-hydrogen) atoms. The van der Waals surface area contributed by atoms with Crippen LogP contribution in [0.15, 0.2) is 218 Å². The van der Waals surface area contributed by atoms with Gasteiger partial charge in [-0.2, -0.15) is 0 Å². The standard InChI is InChI=1S/C58H45NSi/c1-40-33-46(38-49(34-40)60(48-23-11-6-12-24-48)56-29-17-14-26-52(56)53-27-15-18-30-57(53)60)59(45-31-32-51-50-25-13-16-28-54(50)58(2,3)55(51)39-45)47-36-43(41-19-7-4-8-20-41)35-44(37-47)42-21-9-5-10-22-42/h4-39H,1-3H3. The van der Waals surface area contributed by atoms with E-state index in [4.69, 9.17) is 0 Å². The topological polar surface area (TPSA) is 3.24 Å². The zero-order valence-corrected chi connectivity index (χ0v) is 35.2. The highest BCUT2D eigenvalue weighted by Gasteiger charge is 2.48. The Morgan fingerprint density at radius 3 is 1.47 bits per heavy atom. The van der Waals surface area contributed by atoms with Crippen molar-refractivity contribution in [3.63, 3.8) is 0 Å². The third-order valence-corrected chi connectivity index (χ3v) is 18.0. The Morgan fingerprint density at radius 1 is 0.350 bits per heavy atom. The first kappa shape index (κ1) is 36.1. The van der Waals surface area contributed by atoms with Crippen molar-refractivity contribution >= 4 is 45.9 Å². The first-order valence-electron chi connectivity index (χ1n) is 21.1. The van der Waals surface area contributed by atoms with Crippen LogP contribution in [0.3, 0.4) is 0 Å². The molecule has 1 heterocycles. The molecule has 0 saturated heterocycles. The quantitative estimate of drug-likeness (QED) is 0.146. The van der Waals surface area contributed by atoms with Crippen LogP contribution in [0.4, 0.5) is 17.1 Å². The van der Waals surface area contributed by atoms with Crippen LogP contribution in [-0.2, 0) is 5.41 Å². The largest absolute Gasteiger partial charge is 0.310 e. The zero-order chi connectivity index (χ0) is 40.4. The Labute approximate surface area is 354 Å². The van der Waals surface area contributed by atoms with Crippen LogP contribution in [0.25, 0.3) is 44.5 Å². The number of hydrogen-bond donors (Lipinski definition) is 0. The molecule has 0 bridgehead atoms. The average molecular weight is 784 g/mol. The summed E-state index contributed by atoms with van der Waals surface area (Å²) in [5.74, 6) is 0. The average Bonchev–Trinajstić information content (AvgIpc) is 3.73. The van der Waals surface area contributed by atoms with E-state index in [9.17, 15) is 0 Å². The number of nitrogens with zero attached hydrogens (tertiary/aromatic N) is 1. The highest BCUT2D eigenvalue weighted by atomic mass is 28.3. The lowest BCUT2D eigenvalue weighted by molar-refractivity contribution is 0.660. The molecule has 2 heteroatoms. The number of benzene rings is 9. The molecular formula is C58H45NSi. The summed E-state index contributed by atoms with van der Waals surface area (Å²) >= 11 is 0. The van der Waals surface area contributed by atoms with Crippen LogP contribution < -0.4 is 25.6 Å². The summed E-state index contributed by atoms with van der Waals surface area (Å²) in [6, 6.07) is 82.0. The summed E-state index contributed by atoms with van der Waals surface area (Å²) in [7, 11) is -2.77. The van der Waals surface area contributed by atoms with Crippen molar-refractivity contribution in [2.75, 3.05) is 4.90 Å². The van der Waals surface area contributed by atoms with Gasteiger partial charge >= 0.3 is 0 Å². The fourth-order valence-electron chi connectivity index (χ4n) is 10.4. The number of aryl methyl sites for hydroxylation is 1. The van der Waals surface area contributed by atoms with Gasteiger partial charge in [-0.05, 0) is 131 Å². The molecule has 0 saturated carbocycles. The third kappa shape index (κ3) is 5.59. The Bertz CT molecular complexity index is 2970. The number of rotatable bonds is 7. The molecule has 0 N–H and O–H groups in total. The van der Waals surface area contributed by atoms with Gasteiger partial charge in [0.15, 0.2) is 8.07 Å². The van der Waals surface area contributed by atoms with Crippen molar-refractivity contribution in [2.45, 2.75) is 26.2 Å². The van der Waals surface area contributed by atoms with Gasteiger partial charge in [-0.3, -0.25) is 0 Å². The molecule has 0 aromatic heterocycles. The highest BCUT2D eigenvalue weighted by Crippen LogP contribution is 2.51. The molecule has 0 radical (unpaired) electrons. The lowest BCUT2D eigenvalue weighted by Gasteiger charge is -2.34. The molecule has 0 amide bonds. The van der Waals surface area contributed by atoms with Crippen molar-refractivity contribution in [3.05, 3.63) is 235 Å². The van der Waals surface area contributed by atoms with Crippen LogP contribution in [-0.4, -0.2) is 8.07 Å². The molecule has 0 unspecified atom stereocenters. The van der Waals surface area contributed by atoms with Crippen molar-refractivity contribution in [1.29, 1.82) is 0 Å². The Hall–Kier alpha value is -7.00. The molecule has 2 aliphatic rings. The summed E-state index contributed by atoms with van der Waals surface area (Å²) < 4.78 is 0. The summed E-state index contributed by atoms with van der Waals surface area (Å²) in [5.41, 5.74) is 17.4. The lowest BCUT2D eigenvalue weighted by atomic mass is 9.82. The van der Waals surface area contributed by atoms with E-state index in [1.807, 2.05) is 0 Å². The summed E-state index contributed by atoms with van der Waals surface area (Å²) in [6.07, 6.45) is 0. The predicted octanol–water partition coefficient (Wildman–Crippen LogP) is 12.5. The molecule has 0 spiro atoms. The van der Waals surface area contributed by atoms with Gasteiger partial charge in [0.25, 0.3) is 0 Å². The molecule has 11 rings (SSSR count). The van der Waals surface area contributed by atoms with Crippen molar-refractivity contribution in [3.8, 4) is 44.5 Å². The maximum Gasteiger partial charge on any atom is 0.180 e. The number of fused-ring (bicyclic) bond motifs is 6. The molecule has 0 fully saturated rings. The van der Waals surface area contributed by atoms with Gasteiger partial charge in [-0.25, -0.2) is 0 Å². The minimum absolute atomic E-state index is 0.145. The zero-order valence-electron chi connectivity index (χ0n) is 34.2. The fourth-order valence-corrected chi connectivity index (χ4v) is 15.7. The van der Waals surface area contributed by atoms with Gasteiger partial charge < -0.3 is 4.90 Å². The molecule has 1 aliphatic heterocycles. The Morgan fingerprint density at radius 2 is 0.850 bits per heavy atom. The van der Waals surface area contributed by atoms with E-state index >= 15 is 0 Å². The van der Waals surface area contributed by atoms with Crippen LogP contribution in [0.2, 0.25) is 0 Å². The first-order valence-corrected chi connectivity index (χ1v) is 23.1. The van der Waals surface area contributed by atoms with E-state index in [1.165, 1.54) is 81.9 Å². The van der Waals surface area contributed by atoms with Gasteiger partial charge in [0.05, 0.1) is 0 Å². The molecule has 9 aromatic carbocycles. The molecule has 0 atom stereocenters. The first-order chi connectivity index (χ1) is 29.4. The van der Waals surface area contributed by atoms with Gasteiger partial charge in [-0.15, -0.1) is 0 Å². The van der Waals surface area contributed by atoms with Gasteiger partial charge in [-0.1, -0.05) is 190 Å². The van der Waals surface area contributed by atoms with Crippen LogP contribution in [0, 0.1) is 6.92 Å². The van der Waals surface area contributed by atoms with Crippen molar-refractivity contribution in [1.82, 2.24) is 0 Å². The molecule has 286 valence electrons. The monoisotopic (exact) mass is 783 g/mol. The second-order valence-corrected chi connectivity index (χ2v) is 20.7. The van der Waals surface area contributed by atoms with Gasteiger partial charge in [0.1, 0.15) is 0 Å². The summed E-state index contributed by atoms with van der Waals surface area (Å²) in [5, 5.41) is 5.70. The third-order valence-electron chi connectivity index (χ3n) is 13.1. The number of hydrogen-bond acceptors (Lipinski definition) is 1. The molecular weight excluding hydrogens is 739 g/mol. The van der Waals surface area contributed by atoms with Gasteiger partial charge in [0, 0.05) is 22.5 Å². The minimum atomic E-state index is -2.77. The van der Waals surface area contributed by atoms with Crippen LogP contribution in [0.1, 0.15) is 30.5 Å². The van der Waals surface area contributed by atoms with E-state index in [1.54, 1.807) is 0 Å². The Kier molecular flexibility index (Phi) is 8.47. The van der Waals surface area contributed by atoms with E-state index in [-0.39, 0.29) is 5.41 Å². The summed E-state index contributed by atoms with van der Waals surface area (Å²) in [6.45, 7) is 7.04. The van der Waals surface area contributed by atoms with Crippen LogP contribution >= 0.6 is 0 Å². The van der Waals surface area contributed by atoms with Crippen LogP contribution in [0.5, 0.6) is 0 Å². The number of anilines is 3. The smallest absolute Gasteiger partial charge is 0.180 e. The predicted molar refractivity (Wildman–Crippen MR) is 257 cm³/mol.